The van der Waals surface area contributed by atoms with Crippen molar-refractivity contribution in [1.29, 1.82) is 0 Å². The molecule has 0 unspecified atom stereocenters. The van der Waals surface area contributed by atoms with Gasteiger partial charge in [0.1, 0.15) is 5.60 Å². The lowest BCUT2D eigenvalue weighted by molar-refractivity contribution is -0.124. The number of hydrogen-bond acceptors (Lipinski definition) is 3. The molecule has 1 saturated carbocycles. The van der Waals surface area contributed by atoms with Crippen LogP contribution in [-0.2, 0) is 9.53 Å². The number of likely N-dealkylation sites (tertiary alicyclic amines) is 2. The van der Waals surface area contributed by atoms with Crippen molar-refractivity contribution in [2.45, 2.75) is 52.1 Å². The van der Waals surface area contributed by atoms with E-state index in [2.05, 4.69) is 11.8 Å². The van der Waals surface area contributed by atoms with Crippen LogP contribution < -0.4 is 0 Å². The number of nitrogens with zero attached hydrogens (tertiary/aromatic N) is 2. The molecule has 0 bridgehead atoms. The molecule has 0 aromatic carbocycles. The van der Waals surface area contributed by atoms with E-state index in [0.29, 0.717) is 24.9 Å². The van der Waals surface area contributed by atoms with Crippen molar-refractivity contribution in [3.05, 3.63) is 0 Å². The molecular formula is C19H28N2O3. The van der Waals surface area contributed by atoms with Gasteiger partial charge >= 0.3 is 6.09 Å². The Morgan fingerprint density at radius 1 is 0.958 bits per heavy atom. The van der Waals surface area contributed by atoms with Crippen molar-refractivity contribution in [2.24, 2.45) is 17.8 Å². The summed E-state index contributed by atoms with van der Waals surface area (Å²) in [5.41, 5.74) is -0.476. The first-order chi connectivity index (χ1) is 11.3. The van der Waals surface area contributed by atoms with Crippen LogP contribution in [0.25, 0.3) is 0 Å². The normalized spacial score (nSPS) is 27.0. The lowest BCUT2D eigenvalue weighted by Crippen LogP contribution is -2.51. The zero-order valence-corrected chi connectivity index (χ0v) is 15.0. The molecule has 1 aliphatic carbocycles. The Morgan fingerprint density at radius 2 is 1.54 bits per heavy atom. The summed E-state index contributed by atoms with van der Waals surface area (Å²) >= 11 is 0. The summed E-state index contributed by atoms with van der Waals surface area (Å²) in [5, 5.41) is 0. The van der Waals surface area contributed by atoms with Crippen LogP contribution in [0.2, 0.25) is 0 Å². The molecule has 3 rings (SSSR count). The number of ether oxygens (including phenoxy) is 1. The van der Waals surface area contributed by atoms with E-state index in [1.165, 1.54) is 25.7 Å². The van der Waals surface area contributed by atoms with Crippen LogP contribution in [-0.4, -0.2) is 53.6 Å². The van der Waals surface area contributed by atoms with Gasteiger partial charge in [-0.3, -0.25) is 4.79 Å². The third-order valence-electron chi connectivity index (χ3n) is 5.18. The minimum atomic E-state index is -0.476. The first-order valence-corrected chi connectivity index (χ1v) is 9.10. The quantitative estimate of drug-likeness (QED) is 0.641. The molecule has 2 saturated heterocycles. The standard InChI is InChI=1S/C19H28N2O3/c1-19(2,3)24-18(23)21-10-14(11-21)8-9-17(22)20-12-15-6-4-5-7-16(15)13-20/h14-16H,4-7,10-13H2,1-3H3/t15-,16+. The molecule has 24 heavy (non-hydrogen) atoms. The highest BCUT2D eigenvalue weighted by Gasteiger charge is 2.36. The van der Waals surface area contributed by atoms with E-state index in [1.807, 2.05) is 25.7 Å². The van der Waals surface area contributed by atoms with Gasteiger partial charge in [0, 0.05) is 26.2 Å². The van der Waals surface area contributed by atoms with Gasteiger partial charge in [-0.25, -0.2) is 4.79 Å². The van der Waals surface area contributed by atoms with Crippen LogP contribution in [0.4, 0.5) is 4.79 Å². The molecule has 2 aliphatic heterocycles. The van der Waals surface area contributed by atoms with Gasteiger partial charge in [0.2, 0.25) is 0 Å². The Labute approximate surface area is 144 Å². The Bertz CT molecular complexity index is 549. The maximum Gasteiger partial charge on any atom is 0.410 e. The second-order valence-electron chi connectivity index (χ2n) is 8.37. The number of amides is 2. The fourth-order valence-electron chi connectivity index (χ4n) is 3.86. The second kappa shape index (κ2) is 6.66. The number of carbonyl (C=O) groups excluding carboxylic acids is 2. The summed E-state index contributed by atoms with van der Waals surface area (Å²) in [7, 11) is 0. The maximum absolute atomic E-state index is 12.3. The molecule has 2 amide bonds. The van der Waals surface area contributed by atoms with Crippen molar-refractivity contribution in [2.75, 3.05) is 26.2 Å². The summed E-state index contributed by atoms with van der Waals surface area (Å²) in [6, 6.07) is 0. The second-order valence-corrected chi connectivity index (χ2v) is 8.37. The van der Waals surface area contributed by atoms with E-state index in [9.17, 15) is 9.59 Å². The maximum atomic E-state index is 12.3. The van der Waals surface area contributed by atoms with Crippen molar-refractivity contribution in [1.82, 2.24) is 9.80 Å². The zero-order valence-electron chi connectivity index (χ0n) is 15.0. The van der Waals surface area contributed by atoms with Crippen LogP contribution in [0.1, 0.15) is 46.5 Å². The van der Waals surface area contributed by atoms with E-state index in [-0.39, 0.29) is 17.9 Å². The van der Waals surface area contributed by atoms with Gasteiger partial charge in [-0.2, -0.15) is 0 Å². The predicted octanol–water partition coefficient (Wildman–Crippen LogP) is 2.51. The molecular weight excluding hydrogens is 304 g/mol. The molecule has 0 aromatic heterocycles. The van der Waals surface area contributed by atoms with Gasteiger partial charge in [0.05, 0.1) is 5.92 Å². The van der Waals surface area contributed by atoms with Crippen molar-refractivity contribution in [3.63, 3.8) is 0 Å². The third kappa shape index (κ3) is 4.03. The summed E-state index contributed by atoms with van der Waals surface area (Å²) < 4.78 is 5.31. The first kappa shape index (κ1) is 17.1. The highest BCUT2D eigenvalue weighted by molar-refractivity contribution is 5.93. The lowest BCUT2D eigenvalue weighted by Gasteiger charge is -2.37. The zero-order chi connectivity index (χ0) is 17.3. The Hall–Kier alpha value is -1.70. The highest BCUT2D eigenvalue weighted by Crippen LogP contribution is 2.35. The largest absolute Gasteiger partial charge is 0.444 e. The van der Waals surface area contributed by atoms with E-state index in [1.54, 1.807) is 4.90 Å². The molecule has 132 valence electrons. The first-order valence-electron chi connectivity index (χ1n) is 9.10. The van der Waals surface area contributed by atoms with Crippen molar-refractivity contribution < 1.29 is 14.3 Å². The molecule has 0 spiro atoms. The fourth-order valence-corrected chi connectivity index (χ4v) is 3.86. The number of rotatable bonds is 0. The summed E-state index contributed by atoms with van der Waals surface area (Å²) in [6.07, 6.45) is 4.83. The van der Waals surface area contributed by atoms with Crippen molar-refractivity contribution in [3.8, 4) is 11.8 Å². The van der Waals surface area contributed by atoms with Crippen LogP contribution in [0.15, 0.2) is 0 Å². The molecule has 0 aromatic rings. The van der Waals surface area contributed by atoms with Gasteiger partial charge in [-0.1, -0.05) is 18.8 Å². The Morgan fingerprint density at radius 3 is 2.08 bits per heavy atom. The van der Waals surface area contributed by atoms with Crippen LogP contribution in [0.3, 0.4) is 0 Å². The highest BCUT2D eigenvalue weighted by atomic mass is 16.6. The summed E-state index contributed by atoms with van der Waals surface area (Å²) in [4.78, 5) is 27.7. The number of fused-ring (bicyclic) bond motifs is 1. The van der Waals surface area contributed by atoms with Gasteiger partial charge in [-0.15, -0.1) is 0 Å². The summed E-state index contributed by atoms with van der Waals surface area (Å²) in [6.45, 7) is 8.44. The van der Waals surface area contributed by atoms with E-state index in [0.717, 1.165) is 13.1 Å². The smallest absolute Gasteiger partial charge is 0.410 e. The SMILES string of the molecule is CC(C)(C)OC(=O)N1CC(C#CC(=O)N2C[C@H]3CCCC[C@H]3C2)C1. The molecule has 3 fully saturated rings. The molecule has 2 heterocycles. The Kier molecular flexibility index (Phi) is 4.76. The average Bonchev–Trinajstić information content (AvgIpc) is 2.87. The van der Waals surface area contributed by atoms with Gasteiger partial charge < -0.3 is 14.5 Å². The monoisotopic (exact) mass is 332 g/mol. The fraction of sp³-hybridized carbons (Fsp3) is 0.789. The van der Waals surface area contributed by atoms with Gasteiger partial charge in [-0.05, 0) is 51.4 Å². The average molecular weight is 332 g/mol. The van der Waals surface area contributed by atoms with Crippen molar-refractivity contribution >= 4 is 12.0 Å². The van der Waals surface area contributed by atoms with E-state index in [4.69, 9.17) is 4.74 Å². The van der Waals surface area contributed by atoms with Gasteiger partial charge in [0.25, 0.3) is 5.91 Å². The van der Waals surface area contributed by atoms with E-state index < -0.39 is 5.60 Å². The predicted molar refractivity (Wildman–Crippen MR) is 91.1 cm³/mol. The van der Waals surface area contributed by atoms with Crippen LogP contribution in [0, 0.1) is 29.6 Å². The molecule has 0 N–H and O–H groups in total. The third-order valence-corrected chi connectivity index (χ3v) is 5.18. The Balaban J connectivity index is 1.44. The number of hydrogen-bond donors (Lipinski definition) is 0. The number of carbonyl (C=O) groups is 2. The van der Waals surface area contributed by atoms with Crippen LogP contribution >= 0.6 is 0 Å². The molecule has 5 heteroatoms. The van der Waals surface area contributed by atoms with E-state index >= 15 is 0 Å². The van der Waals surface area contributed by atoms with Gasteiger partial charge in [0.15, 0.2) is 0 Å². The van der Waals surface area contributed by atoms with Crippen LogP contribution in [0.5, 0.6) is 0 Å². The topological polar surface area (TPSA) is 49.9 Å². The molecule has 3 aliphatic rings. The molecule has 0 radical (unpaired) electrons. The minimum absolute atomic E-state index is 0.0416. The molecule has 5 nitrogen and oxygen atoms in total. The minimum Gasteiger partial charge on any atom is -0.444 e. The lowest BCUT2D eigenvalue weighted by atomic mass is 9.82. The molecule has 2 atom stereocenters. The summed E-state index contributed by atoms with van der Waals surface area (Å²) in [5.74, 6) is 7.27.